The molecule has 2 fully saturated rings. The SMILES string of the molecule is CC1=C2C=C3CC[C@@H]4C(C)(C)C(=O)CC[C@@]4(C)[C@]3(O)C[C@H]2OC1=O. The molecule has 1 N–H and O–H groups in total. The van der Waals surface area contributed by atoms with Crippen LogP contribution in [0, 0.1) is 16.7 Å². The Morgan fingerprint density at radius 3 is 2.62 bits per heavy atom. The summed E-state index contributed by atoms with van der Waals surface area (Å²) in [6, 6.07) is 0. The summed E-state index contributed by atoms with van der Waals surface area (Å²) in [6.45, 7) is 8.00. The van der Waals surface area contributed by atoms with E-state index in [4.69, 9.17) is 4.74 Å². The smallest absolute Gasteiger partial charge is 0.334 e. The molecule has 0 radical (unpaired) electrons. The van der Waals surface area contributed by atoms with Gasteiger partial charge in [-0.3, -0.25) is 4.79 Å². The summed E-state index contributed by atoms with van der Waals surface area (Å²) >= 11 is 0. The quantitative estimate of drug-likeness (QED) is 0.693. The fourth-order valence-electron chi connectivity index (χ4n) is 5.91. The third kappa shape index (κ3) is 1.73. The summed E-state index contributed by atoms with van der Waals surface area (Å²) in [5.74, 6) is 0.188. The monoisotopic (exact) mass is 330 g/mol. The minimum absolute atomic E-state index is 0.150. The zero-order valence-electron chi connectivity index (χ0n) is 14.9. The lowest BCUT2D eigenvalue weighted by Gasteiger charge is -2.62. The zero-order valence-corrected chi connectivity index (χ0v) is 14.9. The van der Waals surface area contributed by atoms with Crippen LogP contribution >= 0.6 is 0 Å². The Kier molecular flexibility index (Phi) is 3.08. The van der Waals surface area contributed by atoms with E-state index in [2.05, 4.69) is 6.92 Å². The van der Waals surface area contributed by atoms with Gasteiger partial charge in [0.25, 0.3) is 0 Å². The molecule has 0 spiro atoms. The Balaban J connectivity index is 1.82. The number of Topliss-reactive ketones (excluding diaryl/α,β-unsaturated/α-hetero) is 1. The second-order valence-electron chi connectivity index (χ2n) is 8.86. The van der Waals surface area contributed by atoms with Crippen molar-refractivity contribution in [1.82, 2.24) is 0 Å². The van der Waals surface area contributed by atoms with Gasteiger partial charge < -0.3 is 9.84 Å². The van der Waals surface area contributed by atoms with Gasteiger partial charge in [0.1, 0.15) is 11.9 Å². The molecule has 3 aliphatic carbocycles. The highest BCUT2D eigenvalue weighted by atomic mass is 16.5. The average Bonchev–Trinajstić information content (AvgIpc) is 2.77. The van der Waals surface area contributed by atoms with Gasteiger partial charge in [0.15, 0.2) is 0 Å². The molecule has 1 heterocycles. The first-order chi connectivity index (χ1) is 11.1. The summed E-state index contributed by atoms with van der Waals surface area (Å²) in [5.41, 5.74) is 0.867. The molecular weight excluding hydrogens is 304 g/mol. The van der Waals surface area contributed by atoms with Crippen molar-refractivity contribution in [3.05, 3.63) is 22.8 Å². The first-order valence-corrected chi connectivity index (χ1v) is 9.00. The molecule has 0 amide bonds. The number of carbonyl (C=O) groups excluding carboxylic acids is 2. The molecule has 0 unspecified atom stereocenters. The van der Waals surface area contributed by atoms with Crippen molar-refractivity contribution in [3.63, 3.8) is 0 Å². The van der Waals surface area contributed by atoms with Crippen molar-refractivity contribution < 1.29 is 19.4 Å². The van der Waals surface area contributed by atoms with Crippen molar-refractivity contribution in [3.8, 4) is 0 Å². The molecular formula is C20H26O4. The highest BCUT2D eigenvalue weighted by Gasteiger charge is 2.64. The molecule has 0 aromatic heterocycles. The predicted molar refractivity (Wildman–Crippen MR) is 89.1 cm³/mol. The molecule has 4 nitrogen and oxygen atoms in total. The number of hydrogen-bond acceptors (Lipinski definition) is 4. The van der Waals surface area contributed by atoms with Crippen LogP contribution in [0.25, 0.3) is 0 Å². The second kappa shape index (κ2) is 4.60. The van der Waals surface area contributed by atoms with Crippen molar-refractivity contribution in [2.24, 2.45) is 16.7 Å². The third-order valence-electron chi connectivity index (χ3n) is 7.55. The van der Waals surface area contributed by atoms with Crippen LogP contribution in [0.5, 0.6) is 0 Å². The molecule has 2 saturated carbocycles. The van der Waals surface area contributed by atoms with Crippen LogP contribution in [-0.2, 0) is 14.3 Å². The van der Waals surface area contributed by atoms with Crippen LogP contribution in [0.4, 0.5) is 0 Å². The summed E-state index contributed by atoms with van der Waals surface area (Å²) in [5, 5.41) is 11.8. The Labute approximate surface area is 143 Å². The van der Waals surface area contributed by atoms with Gasteiger partial charge in [-0.1, -0.05) is 26.8 Å². The fourth-order valence-corrected chi connectivity index (χ4v) is 5.91. The van der Waals surface area contributed by atoms with Crippen LogP contribution in [0.15, 0.2) is 22.8 Å². The van der Waals surface area contributed by atoms with Gasteiger partial charge in [-0.2, -0.15) is 0 Å². The molecule has 24 heavy (non-hydrogen) atoms. The molecule has 4 rings (SSSR count). The lowest BCUT2D eigenvalue weighted by molar-refractivity contribution is -0.178. The normalized spacial score (nSPS) is 43.6. The summed E-state index contributed by atoms with van der Waals surface area (Å²) in [4.78, 5) is 24.4. The Morgan fingerprint density at radius 1 is 1.21 bits per heavy atom. The van der Waals surface area contributed by atoms with Crippen LogP contribution in [0.3, 0.4) is 0 Å². The second-order valence-corrected chi connectivity index (χ2v) is 8.86. The van der Waals surface area contributed by atoms with Gasteiger partial charge in [-0.25, -0.2) is 4.79 Å². The zero-order chi connectivity index (χ0) is 17.5. The number of carbonyl (C=O) groups is 2. The van der Waals surface area contributed by atoms with Crippen LogP contribution < -0.4 is 0 Å². The number of esters is 1. The number of aliphatic hydroxyl groups is 1. The van der Waals surface area contributed by atoms with E-state index < -0.39 is 11.0 Å². The van der Waals surface area contributed by atoms with Gasteiger partial charge in [0, 0.05) is 34.8 Å². The molecule has 4 heteroatoms. The van der Waals surface area contributed by atoms with Crippen molar-refractivity contribution in [1.29, 1.82) is 0 Å². The van der Waals surface area contributed by atoms with E-state index in [1.54, 1.807) is 6.92 Å². The van der Waals surface area contributed by atoms with E-state index >= 15 is 0 Å². The van der Waals surface area contributed by atoms with Gasteiger partial charge in [0.05, 0.1) is 5.60 Å². The molecule has 4 atom stereocenters. The maximum atomic E-state index is 12.5. The van der Waals surface area contributed by atoms with Crippen molar-refractivity contribution >= 4 is 11.8 Å². The largest absolute Gasteiger partial charge is 0.454 e. The average molecular weight is 330 g/mol. The molecule has 4 aliphatic rings. The molecule has 0 aromatic carbocycles. The van der Waals surface area contributed by atoms with Gasteiger partial charge >= 0.3 is 5.97 Å². The van der Waals surface area contributed by atoms with E-state index in [-0.39, 0.29) is 23.4 Å². The minimum atomic E-state index is -0.993. The summed E-state index contributed by atoms with van der Waals surface area (Å²) < 4.78 is 5.51. The van der Waals surface area contributed by atoms with Crippen LogP contribution in [-0.4, -0.2) is 28.6 Å². The lowest BCUT2D eigenvalue weighted by Crippen LogP contribution is -2.63. The van der Waals surface area contributed by atoms with Crippen molar-refractivity contribution in [2.45, 2.75) is 71.5 Å². The van der Waals surface area contributed by atoms with Gasteiger partial charge in [-0.15, -0.1) is 0 Å². The lowest BCUT2D eigenvalue weighted by atomic mass is 9.44. The number of hydrogen-bond donors (Lipinski definition) is 1. The van der Waals surface area contributed by atoms with Crippen molar-refractivity contribution in [2.75, 3.05) is 0 Å². The summed E-state index contributed by atoms with van der Waals surface area (Å²) in [7, 11) is 0. The Hall–Kier alpha value is -1.42. The number of ether oxygens (including phenoxy) is 1. The molecule has 130 valence electrons. The first kappa shape index (κ1) is 16.1. The molecule has 0 saturated heterocycles. The molecule has 0 bridgehead atoms. The van der Waals surface area contributed by atoms with Crippen LogP contribution in [0.1, 0.15) is 59.8 Å². The first-order valence-electron chi connectivity index (χ1n) is 9.00. The van der Waals surface area contributed by atoms with Gasteiger partial charge in [0.2, 0.25) is 0 Å². The maximum Gasteiger partial charge on any atom is 0.334 e. The fraction of sp³-hybridized carbons (Fsp3) is 0.700. The number of rotatable bonds is 0. The number of fused-ring (bicyclic) bond motifs is 4. The van der Waals surface area contributed by atoms with E-state index in [9.17, 15) is 14.7 Å². The predicted octanol–water partition coefficient (Wildman–Crippen LogP) is 3.09. The Bertz CT molecular complexity index is 713. The number of ketones is 1. The van der Waals surface area contributed by atoms with Crippen LogP contribution in [0.2, 0.25) is 0 Å². The van der Waals surface area contributed by atoms with Gasteiger partial charge in [-0.05, 0) is 37.7 Å². The van der Waals surface area contributed by atoms with E-state index in [1.165, 1.54) is 0 Å². The maximum absolute atomic E-state index is 12.5. The third-order valence-corrected chi connectivity index (χ3v) is 7.55. The highest BCUT2D eigenvalue weighted by molar-refractivity contribution is 5.92. The summed E-state index contributed by atoms with van der Waals surface area (Å²) in [6.07, 6.45) is 5.00. The van der Waals surface area contributed by atoms with E-state index in [1.807, 2.05) is 19.9 Å². The standard InChI is InChI=1S/C20H26O4/c1-11-13-9-12-5-6-15-18(2,3)16(21)7-8-19(15,4)20(12,23)10-14(13)24-17(11)22/h9,14-15,23H,5-8,10H2,1-4H3/t14-,15-,19-,20+/m1/s1. The van der Waals surface area contributed by atoms with E-state index in [0.717, 1.165) is 24.0 Å². The molecule has 1 aliphatic heterocycles. The highest BCUT2D eigenvalue weighted by Crippen LogP contribution is 2.64. The molecule has 0 aromatic rings. The Morgan fingerprint density at radius 2 is 1.92 bits per heavy atom. The topological polar surface area (TPSA) is 63.6 Å². The van der Waals surface area contributed by atoms with E-state index in [0.29, 0.717) is 30.6 Å². The minimum Gasteiger partial charge on any atom is -0.454 e.